The first-order valence-electron chi connectivity index (χ1n) is 9.71. The summed E-state index contributed by atoms with van der Waals surface area (Å²) in [4.78, 5) is 15.3. The molecule has 1 heterocycles. The van der Waals surface area contributed by atoms with Crippen LogP contribution in [0.2, 0.25) is 0 Å². The van der Waals surface area contributed by atoms with Gasteiger partial charge < -0.3 is 19.1 Å². The molecular formula is C25H20NNaO4. The summed E-state index contributed by atoms with van der Waals surface area (Å²) in [5.74, 6) is 0.651. The minimum atomic E-state index is -1.25. The van der Waals surface area contributed by atoms with Crippen LogP contribution in [0.4, 0.5) is 0 Å². The number of oxazole rings is 1. The van der Waals surface area contributed by atoms with Gasteiger partial charge in [-0.2, -0.15) is 0 Å². The van der Waals surface area contributed by atoms with Crippen LogP contribution < -0.4 is 39.4 Å². The fourth-order valence-corrected chi connectivity index (χ4v) is 3.23. The van der Waals surface area contributed by atoms with Gasteiger partial charge in [0.05, 0.1) is 5.97 Å². The Morgan fingerprint density at radius 3 is 2.23 bits per heavy atom. The van der Waals surface area contributed by atoms with Gasteiger partial charge in [0.2, 0.25) is 0 Å². The fraction of sp³-hybridized carbons (Fsp3) is 0.120. The quantitative estimate of drug-likeness (QED) is 0.396. The SMILES string of the molecule is O=C([O-])COc1cccc(CCc2nc(-c3ccccc3)c(-c3ccccc3)o2)c1.[Na+]. The molecule has 4 aromatic rings. The smallest absolute Gasteiger partial charge is 0.546 e. The van der Waals surface area contributed by atoms with Crippen molar-refractivity contribution in [2.24, 2.45) is 0 Å². The summed E-state index contributed by atoms with van der Waals surface area (Å²) in [6, 6.07) is 27.3. The predicted molar refractivity (Wildman–Crippen MR) is 112 cm³/mol. The molecule has 0 bridgehead atoms. The number of carboxylic acid groups (broad SMARTS) is 1. The van der Waals surface area contributed by atoms with Gasteiger partial charge in [-0.05, 0) is 24.1 Å². The molecule has 1 aromatic heterocycles. The van der Waals surface area contributed by atoms with Crippen molar-refractivity contribution in [2.45, 2.75) is 12.8 Å². The minimum absolute atomic E-state index is 0. The largest absolute Gasteiger partial charge is 1.00 e. The van der Waals surface area contributed by atoms with E-state index in [0.29, 0.717) is 24.5 Å². The summed E-state index contributed by atoms with van der Waals surface area (Å²) in [6.45, 7) is -0.468. The monoisotopic (exact) mass is 421 g/mol. The number of aromatic nitrogens is 1. The van der Waals surface area contributed by atoms with Crippen LogP contribution >= 0.6 is 0 Å². The van der Waals surface area contributed by atoms with E-state index < -0.39 is 12.6 Å². The van der Waals surface area contributed by atoms with Gasteiger partial charge >= 0.3 is 29.6 Å². The molecule has 31 heavy (non-hydrogen) atoms. The van der Waals surface area contributed by atoms with Crippen molar-refractivity contribution < 1.29 is 48.6 Å². The average molecular weight is 421 g/mol. The van der Waals surface area contributed by atoms with E-state index in [1.165, 1.54) is 0 Å². The number of ether oxygens (including phenoxy) is 1. The van der Waals surface area contributed by atoms with Crippen molar-refractivity contribution >= 4 is 5.97 Å². The van der Waals surface area contributed by atoms with Gasteiger partial charge in [0.15, 0.2) is 11.7 Å². The number of aliphatic carboxylic acids is 1. The molecule has 4 rings (SSSR count). The third-order valence-corrected chi connectivity index (χ3v) is 4.64. The first kappa shape index (κ1) is 22.8. The van der Waals surface area contributed by atoms with E-state index >= 15 is 0 Å². The Balaban J connectivity index is 0.00000272. The van der Waals surface area contributed by atoms with E-state index in [-0.39, 0.29) is 29.6 Å². The van der Waals surface area contributed by atoms with E-state index in [4.69, 9.17) is 14.1 Å². The van der Waals surface area contributed by atoms with Crippen LogP contribution in [0.1, 0.15) is 11.5 Å². The molecule has 0 saturated carbocycles. The van der Waals surface area contributed by atoms with Crippen molar-refractivity contribution in [1.29, 1.82) is 0 Å². The maximum Gasteiger partial charge on any atom is 1.00 e. The van der Waals surface area contributed by atoms with E-state index in [0.717, 1.165) is 28.1 Å². The number of nitrogens with zero attached hydrogens (tertiary/aromatic N) is 1. The molecule has 0 atom stereocenters. The molecule has 6 heteroatoms. The van der Waals surface area contributed by atoms with Crippen LogP contribution in [0, 0.1) is 0 Å². The van der Waals surface area contributed by atoms with Crippen molar-refractivity contribution in [3.63, 3.8) is 0 Å². The maximum atomic E-state index is 10.6. The molecule has 0 spiro atoms. The van der Waals surface area contributed by atoms with Gasteiger partial charge in [-0.15, -0.1) is 0 Å². The summed E-state index contributed by atoms with van der Waals surface area (Å²) in [5.41, 5.74) is 3.81. The first-order valence-corrected chi connectivity index (χ1v) is 9.71. The Bertz CT molecular complexity index is 1070. The van der Waals surface area contributed by atoms with Crippen LogP contribution in [-0.4, -0.2) is 17.6 Å². The molecule has 0 unspecified atom stereocenters. The van der Waals surface area contributed by atoms with Gasteiger partial charge in [0.25, 0.3) is 0 Å². The number of carbonyl (C=O) groups excluding carboxylic acids is 1. The summed E-state index contributed by atoms with van der Waals surface area (Å²) in [5, 5.41) is 10.6. The zero-order chi connectivity index (χ0) is 20.8. The van der Waals surface area contributed by atoms with Crippen LogP contribution in [-0.2, 0) is 17.6 Å². The number of carbonyl (C=O) groups is 1. The normalized spacial score (nSPS) is 10.3. The number of carboxylic acids is 1. The van der Waals surface area contributed by atoms with E-state index in [2.05, 4.69) is 0 Å². The molecule has 0 fully saturated rings. The third kappa shape index (κ3) is 6.07. The number of hydrogen-bond donors (Lipinski definition) is 0. The number of hydrogen-bond acceptors (Lipinski definition) is 5. The Labute approximate surface area is 203 Å². The minimum Gasteiger partial charge on any atom is -0.546 e. The summed E-state index contributed by atoms with van der Waals surface area (Å²) in [6.07, 6.45) is 1.29. The van der Waals surface area contributed by atoms with E-state index in [9.17, 15) is 9.90 Å². The fourth-order valence-electron chi connectivity index (χ4n) is 3.23. The van der Waals surface area contributed by atoms with Crippen LogP contribution in [0.5, 0.6) is 5.75 Å². The number of aryl methyl sites for hydroxylation is 2. The molecule has 5 nitrogen and oxygen atoms in total. The zero-order valence-electron chi connectivity index (χ0n) is 17.3. The van der Waals surface area contributed by atoms with Gasteiger partial charge in [-0.25, -0.2) is 4.98 Å². The standard InChI is InChI=1S/C25H21NO4.Na/c27-23(28)17-29-21-13-7-8-18(16-21)14-15-22-26-24(19-9-3-1-4-10-19)25(30-22)20-11-5-2-6-12-20;/h1-13,16H,14-15,17H2,(H,27,28);/q;+1/p-1. The Morgan fingerprint density at radius 1 is 0.871 bits per heavy atom. The molecule has 0 saturated heterocycles. The molecule has 0 aliphatic heterocycles. The van der Waals surface area contributed by atoms with E-state index in [1.807, 2.05) is 78.9 Å². The molecule has 0 radical (unpaired) electrons. The predicted octanol–water partition coefficient (Wildman–Crippen LogP) is 0.926. The van der Waals surface area contributed by atoms with E-state index in [1.54, 1.807) is 6.07 Å². The summed E-state index contributed by atoms with van der Waals surface area (Å²) < 4.78 is 11.4. The second-order valence-electron chi connectivity index (χ2n) is 6.83. The van der Waals surface area contributed by atoms with Crippen molar-refractivity contribution in [1.82, 2.24) is 4.98 Å². The summed E-state index contributed by atoms with van der Waals surface area (Å²) >= 11 is 0. The van der Waals surface area contributed by atoms with Crippen LogP contribution in [0.15, 0.2) is 89.3 Å². The van der Waals surface area contributed by atoms with Crippen molar-refractivity contribution in [3.05, 3.63) is 96.4 Å². The topological polar surface area (TPSA) is 75.4 Å². The molecule has 150 valence electrons. The molecular weight excluding hydrogens is 401 g/mol. The molecule has 3 aromatic carbocycles. The van der Waals surface area contributed by atoms with Gasteiger partial charge in [0.1, 0.15) is 18.1 Å². The second-order valence-corrected chi connectivity index (χ2v) is 6.83. The van der Waals surface area contributed by atoms with Crippen LogP contribution in [0.3, 0.4) is 0 Å². The summed E-state index contributed by atoms with van der Waals surface area (Å²) in [7, 11) is 0. The molecule has 0 amide bonds. The molecule has 0 N–H and O–H groups in total. The molecule has 0 aliphatic carbocycles. The third-order valence-electron chi connectivity index (χ3n) is 4.64. The van der Waals surface area contributed by atoms with Crippen molar-refractivity contribution in [2.75, 3.05) is 6.61 Å². The Morgan fingerprint density at radius 2 is 1.55 bits per heavy atom. The number of benzene rings is 3. The van der Waals surface area contributed by atoms with Gasteiger partial charge in [0, 0.05) is 17.5 Å². The average Bonchev–Trinajstić information content (AvgIpc) is 3.22. The maximum absolute atomic E-state index is 10.6. The first-order chi connectivity index (χ1) is 14.7. The van der Waals surface area contributed by atoms with Gasteiger partial charge in [-0.1, -0.05) is 72.8 Å². The van der Waals surface area contributed by atoms with Crippen LogP contribution in [0.25, 0.3) is 22.6 Å². The van der Waals surface area contributed by atoms with Gasteiger partial charge in [-0.3, -0.25) is 0 Å². The zero-order valence-corrected chi connectivity index (χ0v) is 19.3. The molecule has 0 aliphatic rings. The van der Waals surface area contributed by atoms with Crippen molar-refractivity contribution in [3.8, 4) is 28.3 Å². The second kappa shape index (κ2) is 11.0. The Hall–Kier alpha value is -2.86. The Kier molecular flexibility index (Phi) is 8.06. The number of rotatable bonds is 8.